The van der Waals surface area contributed by atoms with E-state index in [1.165, 1.54) is 19.3 Å². The van der Waals surface area contributed by atoms with Crippen LogP contribution in [0.15, 0.2) is 12.4 Å². The number of hydrogen-bond donors (Lipinski definition) is 1. The Hall–Kier alpha value is -1.78. The molecule has 0 atom stereocenters. The van der Waals surface area contributed by atoms with Gasteiger partial charge < -0.3 is 15.0 Å². The highest BCUT2D eigenvalue weighted by atomic mass is 16.5. The van der Waals surface area contributed by atoms with E-state index in [1.807, 2.05) is 12.4 Å². The highest BCUT2D eigenvalue weighted by Crippen LogP contribution is 2.25. The van der Waals surface area contributed by atoms with Crippen LogP contribution in [0.1, 0.15) is 66.2 Å². The fourth-order valence-corrected chi connectivity index (χ4v) is 2.75. The van der Waals surface area contributed by atoms with Gasteiger partial charge in [-0.1, -0.05) is 47.0 Å². The van der Waals surface area contributed by atoms with Gasteiger partial charge in [0.15, 0.2) is 5.82 Å². The maximum Gasteiger partial charge on any atom is 0.217 e. The van der Waals surface area contributed by atoms with E-state index in [2.05, 4.69) is 42.2 Å². The molecule has 0 unspecified atom stereocenters. The average molecular weight is 332 g/mol. The first-order valence-electron chi connectivity index (χ1n) is 9.15. The number of nitrogens with zero attached hydrogens (tertiary/aromatic N) is 3. The topological polar surface area (TPSA) is 66.0 Å². The van der Waals surface area contributed by atoms with Crippen molar-refractivity contribution in [3.05, 3.63) is 12.4 Å². The van der Waals surface area contributed by atoms with E-state index >= 15 is 0 Å². The van der Waals surface area contributed by atoms with Crippen LogP contribution >= 0.6 is 0 Å². The van der Waals surface area contributed by atoms with Crippen molar-refractivity contribution in [3.8, 4) is 5.88 Å². The molecular formula is C19H32N4O. The number of nitrogen functional groups attached to an aromatic ring is 1. The number of nitrogens with two attached hydrogens (primary N) is 1. The summed E-state index contributed by atoms with van der Waals surface area (Å²) < 4.78 is 7.87. The van der Waals surface area contributed by atoms with Crippen molar-refractivity contribution in [1.82, 2.24) is 14.5 Å². The zero-order valence-electron chi connectivity index (χ0n) is 15.6. The van der Waals surface area contributed by atoms with E-state index in [4.69, 9.17) is 10.5 Å². The van der Waals surface area contributed by atoms with Crippen LogP contribution in [0.4, 0.5) is 5.82 Å². The van der Waals surface area contributed by atoms with Gasteiger partial charge in [-0.15, -0.1) is 0 Å². The summed E-state index contributed by atoms with van der Waals surface area (Å²) >= 11 is 0. The molecule has 5 nitrogen and oxygen atoms in total. The molecule has 5 heteroatoms. The molecule has 0 saturated carbocycles. The predicted octanol–water partition coefficient (Wildman–Crippen LogP) is 4.80. The Balaban J connectivity index is 1.97. The van der Waals surface area contributed by atoms with Crippen LogP contribution in [0.5, 0.6) is 5.88 Å². The Morgan fingerprint density at radius 1 is 1.17 bits per heavy atom. The largest absolute Gasteiger partial charge is 0.478 e. The van der Waals surface area contributed by atoms with Crippen LogP contribution in [0.3, 0.4) is 0 Å². The molecule has 0 amide bonds. The fraction of sp³-hybridized carbons (Fsp3) is 0.684. The summed E-state index contributed by atoms with van der Waals surface area (Å²) in [5, 5.41) is 0. The molecule has 0 bridgehead atoms. The van der Waals surface area contributed by atoms with Gasteiger partial charge in [-0.2, -0.15) is 4.98 Å². The average Bonchev–Trinajstić information content (AvgIpc) is 2.90. The van der Waals surface area contributed by atoms with Crippen LogP contribution in [0.2, 0.25) is 0 Å². The maximum atomic E-state index is 6.03. The number of unbranched alkanes of at least 4 members (excludes halogenated alkanes) is 3. The molecule has 0 spiro atoms. The number of imidazole rings is 1. The standard InChI is InChI=1S/C19H32N4O/c1-5-6-12-24-16-13-15-17(18(20)22-16)21-14-23(15)11-9-7-8-10-19(2,3)4/h13-14H,5-12H2,1-4H3,(H2,20,22). The Bertz CT molecular complexity index is 643. The van der Waals surface area contributed by atoms with Gasteiger partial charge in [0, 0.05) is 12.6 Å². The minimum atomic E-state index is 0.423. The van der Waals surface area contributed by atoms with Crippen molar-refractivity contribution in [2.75, 3.05) is 12.3 Å². The summed E-state index contributed by atoms with van der Waals surface area (Å²) in [6, 6.07) is 1.96. The lowest BCUT2D eigenvalue weighted by Gasteiger charge is -2.17. The van der Waals surface area contributed by atoms with Crippen molar-refractivity contribution in [1.29, 1.82) is 0 Å². The molecule has 0 radical (unpaired) electrons. The van der Waals surface area contributed by atoms with Gasteiger partial charge in [-0.05, 0) is 24.7 Å². The first kappa shape index (κ1) is 18.6. The van der Waals surface area contributed by atoms with Gasteiger partial charge in [0.25, 0.3) is 0 Å². The lowest BCUT2D eigenvalue weighted by Crippen LogP contribution is -2.05. The first-order chi connectivity index (χ1) is 11.4. The molecule has 0 fully saturated rings. The summed E-state index contributed by atoms with van der Waals surface area (Å²) in [5.74, 6) is 1.05. The molecule has 2 aromatic heterocycles. The molecular weight excluding hydrogens is 300 g/mol. The van der Waals surface area contributed by atoms with Crippen molar-refractivity contribution in [2.45, 2.75) is 72.8 Å². The van der Waals surface area contributed by atoms with Crippen LogP contribution in [0, 0.1) is 5.41 Å². The first-order valence-corrected chi connectivity index (χ1v) is 9.15. The molecule has 2 rings (SSSR count). The van der Waals surface area contributed by atoms with Gasteiger partial charge >= 0.3 is 0 Å². The van der Waals surface area contributed by atoms with Crippen LogP contribution in [-0.4, -0.2) is 21.1 Å². The molecule has 134 valence electrons. The van der Waals surface area contributed by atoms with E-state index < -0.39 is 0 Å². The second-order valence-corrected chi connectivity index (χ2v) is 7.72. The molecule has 0 aliphatic rings. The predicted molar refractivity (Wildman–Crippen MR) is 100 cm³/mol. The van der Waals surface area contributed by atoms with Gasteiger partial charge in [-0.3, -0.25) is 0 Å². The summed E-state index contributed by atoms with van der Waals surface area (Å²) in [4.78, 5) is 8.72. The van der Waals surface area contributed by atoms with E-state index in [1.54, 1.807) is 0 Å². The third kappa shape index (κ3) is 5.39. The number of aryl methyl sites for hydroxylation is 1. The quantitative estimate of drug-likeness (QED) is 0.670. The molecule has 2 N–H and O–H groups in total. The molecule has 0 aliphatic heterocycles. The van der Waals surface area contributed by atoms with Gasteiger partial charge in [0.1, 0.15) is 5.52 Å². The minimum Gasteiger partial charge on any atom is -0.478 e. The normalized spacial score (nSPS) is 12.0. The van der Waals surface area contributed by atoms with Gasteiger partial charge in [0.2, 0.25) is 5.88 Å². The Morgan fingerprint density at radius 3 is 2.67 bits per heavy atom. The molecule has 0 saturated heterocycles. The number of rotatable bonds is 9. The van der Waals surface area contributed by atoms with Crippen molar-refractivity contribution in [3.63, 3.8) is 0 Å². The Labute approximate surface area is 145 Å². The Kier molecular flexibility index (Phi) is 6.46. The molecule has 0 aliphatic carbocycles. The lowest BCUT2D eigenvalue weighted by molar-refractivity contribution is 0.298. The third-order valence-corrected chi connectivity index (χ3v) is 4.19. The van der Waals surface area contributed by atoms with E-state index in [9.17, 15) is 0 Å². The SMILES string of the molecule is CCCCOc1cc2c(ncn2CCCCCC(C)(C)C)c(N)n1. The number of ether oxygens (including phenoxy) is 1. The smallest absolute Gasteiger partial charge is 0.217 e. The highest BCUT2D eigenvalue weighted by molar-refractivity contribution is 5.85. The number of pyridine rings is 1. The molecule has 2 aromatic rings. The van der Waals surface area contributed by atoms with E-state index in [0.29, 0.717) is 23.7 Å². The zero-order valence-corrected chi connectivity index (χ0v) is 15.6. The van der Waals surface area contributed by atoms with Crippen LogP contribution < -0.4 is 10.5 Å². The number of hydrogen-bond acceptors (Lipinski definition) is 4. The Morgan fingerprint density at radius 2 is 1.96 bits per heavy atom. The maximum absolute atomic E-state index is 6.03. The number of aromatic nitrogens is 3. The van der Waals surface area contributed by atoms with Crippen molar-refractivity contribution in [2.24, 2.45) is 5.41 Å². The zero-order chi connectivity index (χ0) is 17.6. The number of fused-ring (bicyclic) bond motifs is 1. The monoisotopic (exact) mass is 332 g/mol. The van der Waals surface area contributed by atoms with Crippen molar-refractivity contribution < 1.29 is 4.74 Å². The number of anilines is 1. The van der Waals surface area contributed by atoms with E-state index in [0.717, 1.165) is 36.8 Å². The van der Waals surface area contributed by atoms with Crippen LogP contribution in [-0.2, 0) is 6.54 Å². The third-order valence-electron chi connectivity index (χ3n) is 4.19. The summed E-state index contributed by atoms with van der Waals surface area (Å²) in [7, 11) is 0. The van der Waals surface area contributed by atoms with Gasteiger partial charge in [-0.25, -0.2) is 4.98 Å². The fourth-order valence-electron chi connectivity index (χ4n) is 2.75. The van der Waals surface area contributed by atoms with Gasteiger partial charge in [0.05, 0.1) is 18.5 Å². The summed E-state index contributed by atoms with van der Waals surface area (Å²) in [5.41, 5.74) is 8.24. The minimum absolute atomic E-state index is 0.423. The molecule has 0 aromatic carbocycles. The molecule has 2 heterocycles. The van der Waals surface area contributed by atoms with E-state index in [-0.39, 0.29) is 0 Å². The second-order valence-electron chi connectivity index (χ2n) is 7.72. The lowest BCUT2D eigenvalue weighted by atomic mass is 9.89. The highest BCUT2D eigenvalue weighted by Gasteiger charge is 2.11. The second kappa shape index (κ2) is 8.36. The summed E-state index contributed by atoms with van der Waals surface area (Å²) in [6.07, 6.45) is 8.90. The van der Waals surface area contributed by atoms with Crippen LogP contribution in [0.25, 0.3) is 11.0 Å². The molecule has 24 heavy (non-hydrogen) atoms. The summed E-state index contributed by atoms with van der Waals surface area (Å²) in [6.45, 7) is 10.7. The van der Waals surface area contributed by atoms with Crippen molar-refractivity contribution >= 4 is 16.9 Å².